The van der Waals surface area contributed by atoms with E-state index in [4.69, 9.17) is 11.6 Å². The van der Waals surface area contributed by atoms with Crippen molar-refractivity contribution in [2.45, 2.75) is 36.7 Å². The van der Waals surface area contributed by atoms with Gasteiger partial charge in [-0.2, -0.15) is 0 Å². The average Bonchev–Trinajstić information content (AvgIpc) is 3.16. The lowest BCUT2D eigenvalue weighted by Crippen LogP contribution is -2.27. The first-order chi connectivity index (χ1) is 14.7. The Labute approximate surface area is 187 Å². The predicted octanol–water partition coefficient (Wildman–Crippen LogP) is 5.40. The van der Waals surface area contributed by atoms with E-state index in [2.05, 4.69) is 49.9 Å². The molecule has 4 rings (SSSR count). The molecule has 2 heterocycles. The topological polar surface area (TPSA) is 46.8 Å². The van der Waals surface area contributed by atoms with Crippen molar-refractivity contribution in [3.8, 4) is 5.69 Å². The summed E-state index contributed by atoms with van der Waals surface area (Å²) in [5.41, 5.74) is 2.20. The normalized spacial score (nSPS) is 16.3. The fraction of sp³-hybridized carbons (Fsp3) is 0.348. The highest BCUT2D eigenvalue weighted by molar-refractivity contribution is 7.98. The van der Waals surface area contributed by atoms with E-state index in [1.165, 1.54) is 24.8 Å². The second kappa shape index (κ2) is 10.2. The van der Waals surface area contributed by atoms with E-state index in [0.29, 0.717) is 10.9 Å². The second-order valence-corrected chi connectivity index (χ2v) is 9.08. The zero-order valence-electron chi connectivity index (χ0n) is 17.1. The molecule has 0 bridgehead atoms. The summed E-state index contributed by atoms with van der Waals surface area (Å²) < 4.78 is 2.13. The van der Waals surface area contributed by atoms with Crippen LogP contribution in [-0.4, -0.2) is 38.2 Å². The van der Waals surface area contributed by atoms with Gasteiger partial charge in [0.15, 0.2) is 11.0 Å². The summed E-state index contributed by atoms with van der Waals surface area (Å²) in [7, 11) is 2.17. The van der Waals surface area contributed by atoms with Crippen LogP contribution in [0.5, 0.6) is 0 Å². The largest absolute Gasteiger partial charge is 0.299 e. The van der Waals surface area contributed by atoms with Crippen molar-refractivity contribution in [2.75, 3.05) is 13.6 Å². The van der Waals surface area contributed by atoms with E-state index in [0.717, 1.165) is 35.5 Å². The molecule has 7 heteroatoms. The average molecular weight is 440 g/mol. The minimum absolute atomic E-state index is 0.708. The van der Waals surface area contributed by atoms with Gasteiger partial charge < -0.3 is 0 Å². The first-order valence-electron chi connectivity index (χ1n) is 10.2. The number of hydrogen-bond acceptors (Lipinski definition) is 5. The summed E-state index contributed by atoms with van der Waals surface area (Å²) in [6.07, 6.45) is 11.8. The van der Waals surface area contributed by atoms with Crippen molar-refractivity contribution < 1.29 is 0 Å². The van der Waals surface area contributed by atoms with Crippen molar-refractivity contribution in [3.05, 3.63) is 77.4 Å². The lowest BCUT2D eigenvalue weighted by Gasteiger charge is -2.24. The third-order valence-electron chi connectivity index (χ3n) is 5.24. The Morgan fingerprint density at radius 3 is 2.80 bits per heavy atom. The number of allylic oxidation sites excluding steroid dienone is 2. The fourth-order valence-corrected chi connectivity index (χ4v) is 4.88. The van der Waals surface area contributed by atoms with E-state index in [-0.39, 0.29) is 0 Å². The molecule has 0 fully saturated rings. The van der Waals surface area contributed by atoms with Crippen molar-refractivity contribution in [1.82, 2.24) is 24.6 Å². The van der Waals surface area contributed by atoms with E-state index in [9.17, 15) is 0 Å². The Morgan fingerprint density at radius 2 is 2.03 bits per heavy atom. The molecule has 0 N–H and O–H groups in total. The van der Waals surface area contributed by atoms with Crippen molar-refractivity contribution in [3.63, 3.8) is 0 Å². The summed E-state index contributed by atoms with van der Waals surface area (Å²) in [5.74, 6) is 2.46. The van der Waals surface area contributed by atoms with Gasteiger partial charge in [0.1, 0.15) is 0 Å². The van der Waals surface area contributed by atoms with E-state index in [1.54, 1.807) is 11.8 Å². The van der Waals surface area contributed by atoms with Gasteiger partial charge in [-0.25, -0.2) is 0 Å². The SMILES string of the molecule is CN(Cc1nnc(SCc2ccncc2)n1-c1cccc(Cl)c1)CC1CC=CCC1. The number of aromatic nitrogens is 4. The third-order valence-corrected chi connectivity index (χ3v) is 6.48. The van der Waals surface area contributed by atoms with Crippen LogP contribution in [0.4, 0.5) is 0 Å². The molecule has 1 aliphatic carbocycles. The molecule has 5 nitrogen and oxygen atoms in total. The first-order valence-corrected chi connectivity index (χ1v) is 11.6. The van der Waals surface area contributed by atoms with Gasteiger partial charge in [-0.3, -0.25) is 14.5 Å². The molecule has 0 saturated carbocycles. The Hall–Kier alpha value is -2.15. The summed E-state index contributed by atoms with van der Waals surface area (Å²) in [6.45, 7) is 1.81. The first kappa shape index (κ1) is 21.1. The molecular formula is C23H26ClN5S. The third kappa shape index (κ3) is 5.50. The van der Waals surface area contributed by atoms with Gasteiger partial charge in [0.2, 0.25) is 0 Å². The van der Waals surface area contributed by atoms with Crippen LogP contribution in [-0.2, 0) is 12.3 Å². The van der Waals surface area contributed by atoms with Gasteiger partial charge in [0.05, 0.1) is 12.2 Å². The van der Waals surface area contributed by atoms with Gasteiger partial charge >= 0.3 is 0 Å². The minimum Gasteiger partial charge on any atom is -0.299 e. The molecule has 0 aliphatic heterocycles. The molecular weight excluding hydrogens is 414 g/mol. The number of hydrogen-bond donors (Lipinski definition) is 0. The Balaban J connectivity index is 1.54. The lowest BCUT2D eigenvalue weighted by atomic mass is 9.94. The maximum atomic E-state index is 6.29. The zero-order chi connectivity index (χ0) is 20.8. The monoisotopic (exact) mass is 439 g/mol. The number of halogens is 1. The van der Waals surface area contributed by atoms with Gasteiger partial charge in [-0.05, 0) is 68.1 Å². The molecule has 0 spiro atoms. The summed E-state index contributed by atoms with van der Waals surface area (Å²) in [5, 5.41) is 10.6. The zero-order valence-corrected chi connectivity index (χ0v) is 18.7. The summed E-state index contributed by atoms with van der Waals surface area (Å²) >= 11 is 7.96. The van der Waals surface area contributed by atoms with Crippen molar-refractivity contribution in [2.24, 2.45) is 5.92 Å². The van der Waals surface area contributed by atoms with Crippen LogP contribution in [0.2, 0.25) is 5.02 Å². The summed E-state index contributed by atoms with van der Waals surface area (Å²) in [6, 6.07) is 11.9. The quantitative estimate of drug-likeness (QED) is 0.347. The number of nitrogens with zero attached hydrogens (tertiary/aromatic N) is 5. The van der Waals surface area contributed by atoms with Crippen LogP contribution in [0.3, 0.4) is 0 Å². The van der Waals surface area contributed by atoms with Crippen LogP contribution in [0.15, 0.2) is 66.1 Å². The van der Waals surface area contributed by atoms with Crippen molar-refractivity contribution in [1.29, 1.82) is 0 Å². The Bertz CT molecular complexity index is 988. The van der Waals surface area contributed by atoms with Gasteiger partial charge in [0, 0.05) is 29.7 Å². The van der Waals surface area contributed by atoms with Gasteiger partial charge in [-0.1, -0.05) is 41.6 Å². The van der Waals surface area contributed by atoms with Crippen LogP contribution in [0.1, 0.15) is 30.7 Å². The molecule has 0 amide bonds. The molecule has 1 atom stereocenters. The van der Waals surface area contributed by atoms with Gasteiger partial charge in [0.25, 0.3) is 0 Å². The van der Waals surface area contributed by atoms with Gasteiger partial charge in [-0.15, -0.1) is 10.2 Å². The number of thioether (sulfide) groups is 1. The maximum Gasteiger partial charge on any atom is 0.196 e. The van der Waals surface area contributed by atoms with Crippen LogP contribution in [0, 0.1) is 5.92 Å². The maximum absolute atomic E-state index is 6.29. The minimum atomic E-state index is 0.708. The standard InChI is InChI=1S/C23H26ClN5S/c1-28(15-18-6-3-2-4-7-18)16-22-26-27-23(30-17-19-10-12-25-13-11-19)29(22)21-9-5-8-20(24)14-21/h2-3,5,8-14,18H,4,6-7,15-17H2,1H3. The highest BCUT2D eigenvalue weighted by atomic mass is 35.5. The Kier molecular flexibility index (Phi) is 7.20. The fourth-order valence-electron chi connectivity index (χ4n) is 3.77. The second-order valence-electron chi connectivity index (χ2n) is 7.71. The highest BCUT2D eigenvalue weighted by Gasteiger charge is 2.18. The molecule has 0 radical (unpaired) electrons. The molecule has 30 heavy (non-hydrogen) atoms. The molecule has 2 aromatic heterocycles. The highest BCUT2D eigenvalue weighted by Crippen LogP contribution is 2.27. The molecule has 1 aromatic carbocycles. The molecule has 1 unspecified atom stereocenters. The number of rotatable bonds is 8. The molecule has 0 saturated heterocycles. The number of benzene rings is 1. The van der Waals surface area contributed by atoms with Crippen molar-refractivity contribution >= 4 is 23.4 Å². The molecule has 156 valence electrons. The Morgan fingerprint density at radius 1 is 1.17 bits per heavy atom. The van der Waals surface area contributed by atoms with Crippen LogP contribution in [0.25, 0.3) is 5.69 Å². The smallest absolute Gasteiger partial charge is 0.196 e. The van der Waals surface area contributed by atoms with E-state index < -0.39 is 0 Å². The van der Waals surface area contributed by atoms with E-state index >= 15 is 0 Å². The van der Waals surface area contributed by atoms with E-state index in [1.807, 2.05) is 42.7 Å². The van der Waals surface area contributed by atoms with Crippen LogP contribution < -0.4 is 0 Å². The van der Waals surface area contributed by atoms with Crippen LogP contribution >= 0.6 is 23.4 Å². The molecule has 1 aliphatic rings. The number of pyridine rings is 1. The predicted molar refractivity (Wildman–Crippen MR) is 123 cm³/mol. The lowest BCUT2D eigenvalue weighted by molar-refractivity contribution is 0.252. The summed E-state index contributed by atoms with van der Waals surface area (Å²) in [4.78, 5) is 6.45. The molecule has 3 aromatic rings.